The fraction of sp³-hybridized carbons (Fsp3) is 0. The summed E-state index contributed by atoms with van der Waals surface area (Å²) in [5, 5.41) is 15.0. The molecule has 0 atom stereocenters. The second-order valence-electron chi connectivity index (χ2n) is 3.69. The zero-order valence-electron chi connectivity index (χ0n) is 9.89. The minimum Gasteiger partial charge on any atom is -0.258 e. The number of hydrogen-bond donors (Lipinski definition) is 2. The number of sulfonamides is 1. The maximum Gasteiger partial charge on any atom is 0.238 e. The largest absolute Gasteiger partial charge is 0.258 e. The van der Waals surface area contributed by atoms with Crippen molar-refractivity contribution >= 4 is 21.1 Å². The summed E-state index contributed by atoms with van der Waals surface area (Å²) in [5.74, 6) is 0. The number of nitrogens with zero attached hydrogens (tertiary/aromatic N) is 2. The Labute approximate surface area is 110 Å². The normalized spacial score (nSPS) is 10.8. The molecule has 98 valence electrons. The predicted octanol–water partition coefficient (Wildman–Crippen LogP) is 1.29. The number of nitrogens with one attached hydrogen (secondary N) is 1. The Morgan fingerprint density at radius 1 is 0.947 bits per heavy atom. The van der Waals surface area contributed by atoms with Crippen molar-refractivity contribution in [2.75, 3.05) is 0 Å². The van der Waals surface area contributed by atoms with Crippen LogP contribution in [-0.4, -0.2) is 23.8 Å². The fourth-order valence-corrected chi connectivity index (χ4v) is 1.93. The van der Waals surface area contributed by atoms with Crippen LogP contribution in [0.15, 0.2) is 59.5 Å². The summed E-state index contributed by atoms with van der Waals surface area (Å²) in [7, 11) is -3.50. The third kappa shape index (κ3) is 3.60. The van der Waals surface area contributed by atoms with Gasteiger partial charge in [-0.25, -0.2) is 13.6 Å². The Balaban J connectivity index is 0.000000141. The quantitative estimate of drug-likeness (QED) is 0.699. The van der Waals surface area contributed by atoms with E-state index in [1.165, 1.54) is 12.1 Å². The van der Waals surface area contributed by atoms with Crippen LogP contribution in [0.25, 0.3) is 11.0 Å². The smallest absolute Gasteiger partial charge is 0.238 e. The van der Waals surface area contributed by atoms with Crippen molar-refractivity contribution in [1.29, 1.82) is 0 Å². The molecule has 0 radical (unpaired) electrons. The van der Waals surface area contributed by atoms with E-state index in [0.29, 0.717) is 0 Å². The molecular formula is C12H12N4O2S. The lowest BCUT2D eigenvalue weighted by Gasteiger charge is -1.93. The molecule has 0 aliphatic rings. The summed E-state index contributed by atoms with van der Waals surface area (Å²) >= 11 is 0. The molecule has 0 aliphatic carbocycles. The van der Waals surface area contributed by atoms with Gasteiger partial charge in [-0.1, -0.05) is 35.5 Å². The summed E-state index contributed by atoms with van der Waals surface area (Å²) < 4.78 is 21.2. The standard InChI is InChI=1S/C6H5N3.C6H7NO2S/c1-2-4-6-5(3-1)7-9-8-6;7-10(8,9)6-4-2-1-3-5-6/h1-4H,(H,7,8,9);1-5H,(H2,7,8,9). The highest BCUT2D eigenvalue weighted by Gasteiger charge is 2.03. The van der Waals surface area contributed by atoms with Crippen LogP contribution in [0.3, 0.4) is 0 Å². The first-order valence-electron chi connectivity index (χ1n) is 5.41. The molecule has 0 amide bonds. The van der Waals surface area contributed by atoms with Crippen molar-refractivity contribution in [2.45, 2.75) is 4.90 Å². The van der Waals surface area contributed by atoms with E-state index in [2.05, 4.69) is 15.4 Å². The van der Waals surface area contributed by atoms with Crippen LogP contribution in [0.5, 0.6) is 0 Å². The molecule has 0 saturated carbocycles. The van der Waals surface area contributed by atoms with Gasteiger partial charge in [0.25, 0.3) is 0 Å². The van der Waals surface area contributed by atoms with Crippen LogP contribution < -0.4 is 5.14 Å². The molecular weight excluding hydrogens is 264 g/mol. The summed E-state index contributed by atoms with van der Waals surface area (Å²) in [6.45, 7) is 0. The number of benzene rings is 2. The number of aromatic nitrogens is 3. The lowest BCUT2D eigenvalue weighted by molar-refractivity contribution is 0.598. The summed E-state index contributed by atoms with van der Waals surface area (Å²) in [6, 6.07) is 15.6. The molecule has 7 heteroatoms. The monoisotopic (exact) mass is 276 g/mol. The lowest BCUT2D eigenvalue weighted by Crippen LogP contribution is -2.11. The molecule has 0 saturated heterocycles. The average Bonchev–Trinajstić information content (AvgIpc) is 2.88. The first kappa shape index (κ1) is 13.2. The summed E-state index contributed by atoms with van der Waals surface area (Å²) in [5.41, 5.74) is 1.90. The van der Waals surface area contributed by atoms with Gasteiger partial charge in [0.1, 0.15) is 5.52 Å². The van der Waals surface area contributed by atoms with E-state index in [1.54, 1.807) is 18.2 Å². The van der Waals surface area contributed by atoms with E-state index >= 15 is 0 Å². The first-order valence-corrected chi connectivity index (χ1v) is 6.95. The van der Waals surface area contributed by atoms with Gasteiger partial charge in [-0.15, -0.1) is 5.10 Å². The molecule has 0 unspecified atom stereocenters. The van der Waals surface area contributed by atoms with E-state index in [1.807, 2.05) is 24.3 Å². The van der Waals surface area contributed by atoms with Gasteiger partial charge in [-0.3, -0.25) is 5.10 Å². The molecule has 0 bridgehead atoms. The molecule has 1 aromatic heterocycles. The molecule has 19 heavy (non-hydrogen) atoms. The van der Waals surface area contributed by atoms with Crippen molar-refractivity contribution in [2.24, 2.45) is 5.14 Å². The molecule has 1 heterocycles. The van der Waals surface area contributed by atoms with Gasteiger partial charge >= 0.3 is 0 Å². The van der Waals surface area contributed by atoms with Crippen molar-refractivity contribution in [3.63, 3.8) is 0 Å². The van der Waals surface area contributed by atoms with E-state index in [0.717, 1.165) is 11.0 Å². The molecule has 0 spiro atoms. The number of primary sulfonamides is 1. The number of hydrogen-bond acceptors (Lipinski definition) is 4. The molecule has 3 N–H and O–H groups in total. The Morgan fingerprint density at radius 3 is 2.16 bits per heavy atom. The number of nitrogens with two attached hydrogens (primary N) is 1. The number of H-pyrrole nitrogens is 1. The van der Waals surface area contributed by atoms with E-state index in [-0.39, 0.29) is 4.90 Å². The summed E-state index contributed by atoms with van der Waals surface area (Å²) in [6.07, 6.45) is 0. The second kappa shape index (κ2) is 5.59. The van der Waals surface area contributed by atoms with Crippen LogP contribution in [0.2, 0.25) is 0 Å². The lowest BCUT2D eigenvalue weighted by atomic mass is 10.3. The second-order valence-corrected chi connectivity index (χ2v) is 5.25. The number of fused-ring (bicyclic) bond motifs is 1. The maximum atomic E-state index is 10.6. The van der Waals surface area contributed by atoms with Gasteiger partial charge in [0.05, 0.1) is 10.4 Å². The molecule has 0 aliphatic heterocycles. The minimum absolute atomic E-state index is 0.148. The third-order valence-corrected chi connectivity index (χ3v) is 3.23. The zero-order chi connectivity index (χ0) is 13.7. The number of rotatable bonds is 1. The van der Waals surface area contributed by atoms with Crippen LogP contribution >= 0.6 is 0 Å². The van der Waals surface area contributed by atoms with E-state index < -0.39 is 10.0 Å². The van der Waals surface area contributed by atoms with Crippen LogP contribution in [0.4, 0.5) is 0 Å². The van der Waals surface area contributed by atoms with Gasteiger partial charge in [-0.05, 0) is 24.3 Å². The highest BCUT2D eigenvalue weighted by molar-refractivity contribution is 7.89. The zero-order valence-corrected chi connectivity index (χ0v) is 10.7. The Hall–Kier alpha value is -2.25. The molecule has 6 nitrogen and oxygen atoms in total. The topological polar surface area (TPSA) is 102 Å². The van der Waals surface area contributed by atoms with Crippen molar-refractivity contribution in [3.8, 4) is 0 Å². The molecule has 3 rings (SSSR count). The Morgan fingerprint density at radius 2 is 1.58 bits per heavy atom. The average molecular weight is 276 g/mol. The van der Waals surface area contributed by atoms with Gasteiger partial charge in [0, 0.05) is 0 Å². The Kier molecular flexibility index (Phi) is 3.88. The van der Waals surface area contributed by atoms with Gasteiger partial charge in [-0.2, -0.15) is 0 Å². The van der Waals surface area contributed by atoms with Crippen molar-refractivity contribution in [1.82, 2.24) is 15.4 Å². The highest BCUT2D eigenvalue weighted by atomic mass is 32.2. The van der Waals surface area contributed by atoms with Crippen molar-refractivity contribution < 1.29 is 8.42 Å². The molecule has 3 aromatic rings. The van der Waals surface area contributed by atoms with Crippen molar-refractivity contribution in [3.05, 3.63) is 54.6 Å². The highest BCUT2D eigenvalue weighted by Crippen LogP contribution is 2.04. The first-order chi connectivity index (χ1) is 9.07. The number of para-hydroxylation sites is 1. The minimum atomic E-state index is -3.50. The maximum absolute atomic E-state index is 10.6. The SMILES string of the molecule is NS(=O)(=O)c1ccccc1.c1ccc2[nH]nnc2c1. The van der Waals surface area contributed by atoms with Crippen LogP contribution in [0, 0.1) is 0 Å². The van der Waals surface area contributed by atoms with E-state index in [9.17, 15) is 8.42 Å². The van der Waals surface area contributed by atoms with Crippen LogP contribution in [0.1, 0.15) is 0 Å². The van der Waals surface area contributed by atoms with Gasteiger partial charge in [0.2, 0.25) is 10.0 Å². The fourth-order valence-electron chi connectivity index (χ4n) is 1.40. The molecule has 2 aromatic carbocycles. The van der Waals surface area contributed by atoms with E-state index in [4.69, 9.17) is 5.14 Å². The Bertz CT molecular complexity index is 723. The molecule has 0 fully saturated rings. The van der Waals surface area contributed by atoms with Gasteiger partial charge < -0.3 is 0 Å². The van der Waals surface area contributed by atoms with Gasteiger partial charge in [0.15, 0.2) is 0 Å². The van der Waals surface area contributed by atoms with Crippen LogP contribution in [-0.2, 0) is 10.0 Å². The number of aromatic amines is 1. The predicted molar refractivity (Wildman–Crippen MR) is 71.7 cm³/mol. The third-order valence-electron chi connectivity index (χ3n) is 2.30. The summed E-state index contributed by atoms with van der Waals surface area (Å²) in [4.78, 5) is 0.148.